The molecule has 0 radical (unpaired) electrons. The quantitative estimate of drug-likeness (QED) is 0.309. The van der Waals surface area contributed by atoms with Gasteiger partial charge >= 0.3 is 0 Å². The van der Waals surface area contributed by atoms with Crippen molar-refractivity contribution in [2.75, 3.05) is 0 Å². The Kier molecular flexibility index (Phi) is 3.78. The molecule has 0 saturated heterocycles. The van der Waals surface area contributed by atoms with Crippen molar-refractivity contribution in [2.24, 2.45) is 22.7 Å². The number of hydrogen-bond acceptors (Lipinski definition) is 3. The monoisotopic (exact) mass is 253 g/mol. The van der Waals surface area contributed by atoms with Crippen molar-refractivity contribution in [3.05, 3.63) is 0 Å². The largest absolute Gasteiger partial charge is 0.409 e. The lowest BCUT2D eigenvalue weighted by Crippen LogP contribution is -2.57. The predicted octanol–water partition coefficient (Wildman–Crippen LogP) is 1.60. The van der Waals surface area contributed by atoms with Gasteiger partial charge in [-0.2, -0.15) is 0 Å². The highest BCUT2D eigenvalue weighted by Gasteiger charge is 2.42. The van der Waals surface area contributed by atoms with E-state index in [0.717, 1.165) is 44.9 Å². The van der Waals surface area contributed by atoms with Crippen LogP contribution >= 0.6 is 0 Å². The maximum atomic E-state index is 12.3. The third kappa shape index (κ3) is 2.31. The zero-order valence-electron chi connectivity index (χ0n) is 11.0. The molecule has 18 heavy (non-hydrogen) atoms. The number of nitrogens with one attached hydrogen (secondary N) is 1. The number of oxime groups is 1. The van der Waals surface area contributed by atoms with Gasteiger partial charge in [0.05, 0.1) is 0 Å². The summed E-state index contributed by atoms with van der Waals surface area (Å²) in [5.41, 5.74) is 5.18. The molecule has 0 heterocycles. The van der Waals surface area contributed by atoms with Gasteiger partial charge in [-0.1, -0.05) is 31.3 Å². The zero-order chi connectivity index (χ0) is 13.2. The van der Waals surface area contributed by atoms with Crippen LogP contribution in [0.2, 0.25) is 0 Å². The van der Waals surface area contributed by atoms with Crippen molar-refractivity contribution >= 4 is 11.7 Å². The van der Waals surface area contributed by atoms with Gasteiger partial charge in [0.1, 0.15) is 5.54 Å². The van der Waals surface area contributed by atoms with E-state index in [4.69, 9.17) is 10.9 Å². The number of amides is 1. The summed E-state index contributed by atoms with van der Waals surface area (Å²) in [6.45, 7) is 2.13. The number of rotatable bonds is 3. The van der Waals surface area contributed by atoms with Crippen LogP contribution < -0.4 is 11.1 Å². The molecule has 2 atom stereocenters. The van der Waals surface area contributed by atoms with Crippen LogP contribution in [-0.2, 0) is 4.79 Å². The van der Waals surface area contributed by atoms with Gasteiger partial charge < -0.3 is 16.3 Å². The van der Waals surface area contributed by atoms with Gasteiger partial charge in [0.25, 0.3) is 0 Å². The fourth-order valence-corrected chi connectivity index (χ4v) is 3.38. The summed E-state index contributed by atoms with van der Waals surface area (Å²) in [4.78, 5) is 12.3. The summed E-state index contributed by atoms with van der Waals surface area (Å²) in [5, 5.41) is 15.1. The lowest BCUT2D eigenvalue weighted by molar-refractivity contribution is -0.127. The first-order valence-corrected chi connectivity index (χ1v) is 6.89. The Labute approximate surface area is 108 Å². The van der Waals surface area contributed by atoms with E-state index in [1.54, 1.807) is 0 Å². The number of nitrogens with zero attached hydrogens (tertiary/aromatic N) is 1. The van der Waals surface area contributed by atoms with Crippen LogP contribution in [-0.4, -0.2) is 22.5 Å². The van der Waals surface area contributed by atoms with Gasteiger partial charge in [0.15, 0.2) is 5.84 Å². The predicted molar refractivity (Wildman–Crippen MR) is 69.3 cm³/mol. The molecule has 2 saturated carbocycles. The second kappa shape index (κ2) is 5.16. The van der Waals surface area contributed by atoms with Crippen LogP contribution in [0.3, 0.4) is 0 Å². The van der Waals surface area contributed by atoms with Gasteiger partial charge in [-0.15, -0.1) is 0 Å². The van der Waals surface area contributed by atoms with Crippen molar-refractivity contribution in [3.8, 4) is 0 Å². The number of hydrogen-bond donors (Lipinski definition) is 3. The van der Waals surface area contributed by atoms with E-state index in [2.05, 4.69) is 17.4 Å². The molecule has 1 amide bonds. The van der Waals surface area contributed by atoms with Crippen LogP contribution in [0.5, 0.6) is 0 Å². The van der Waals surface area contributed by atoms with Gasteiger partial charge in [-0.25, -0.2) is 0 Å². The summed E-state index contributed by atoms with van der Waals surface area (Å²) >= 11 is 0. The molecule has 2 rings (SSSR count). The zero-order valence-corrected chi connectivity index (χ0v) is 11.0. The second-order valence-corrected chi connectivity index (χ2v) is 5.78. The standard InChI is InChI=1S/C13H23N3O2/c1-9-5-4-6-10(9)11(17)15-13(12(14)16-18)7-2-3-8-13/h9-10,18H,2-8H2,1H3,(H2,14,16)(H,15,17). The second-order valence-electron chi connectivity index (χ2n) is 5.78. The lowest BCUT2D eigenvalue weighted by Gasteiger charge is -2.30. The van der Waals surface area contributed by atoms with Crippen LogP contribution in [0.25, 0.3) is 0 Å². The summed E-state index contributed by atoms with van der Waals surface area (Å²) in [7, 11) is 0. The van der Waals surface area contributed by atoms with Crippen molar-refractivity contribution in [1.82, 2.24) is 5.32 Å². The molecule has 2 fully saturated rings. The minimum atomic E-state index is -0.603. The maximum absolute atomic E-state index is 12.3. The smallest absolute Gasteiger partial charge is 0.224 e. The highest BCUT2D eigenvalue weighted by atomic mass is 16.4. The SMILES string of the molecule is CC1CCCC1C(=O)NC1(C(N)=NO)CCCC1. The molecule has 0 aromatic rings. The van der Waals surface area contributed by atoms with Gasteiger partial charge in [-0.05, 0) is 31.6 Å². The average Bonchev–Trinajstić information content (AvgIpc) is 2.97. The topological polar surface area (TPSA) is 87.7 Å². The van der Waals surface area contributed by atoms with E-state index in [1.165, 1.54) is 0 Å². The molecule has 5 heteroatoms. The molecule has 2 unspecified atom stereocenters. The molecule has 0 bridgehead atoms. The van der Waals surface area contributed by atoms with Gasteiger partial charge in [0.2, 0.25) is 5.91 Å². The molecule has 102 valence electrons. The molecular formula is C13H23N3O2. The third-order valence-electron chi connectivity index (χ3n) is 4.62. The Hall–Kier alpha value is -1.26. The van der Waals surface area contributed by atoms with E-state index < -0.39 is 5.54 Å². The Morgan fingerprint density at radius 2 is 2.00 bits per heavy atom. The molecule has 0 aromatic heterocycles. The molecule has 2 aliphatic rings. The Bertz CT molecular complexity index is 348. The minimum absolute atomic E-state index is 0.0773. The van der Waals surface area contributed by atoms with E-state index in [9.17, 15) is 4.79 Å². The van der Waals surface area contributed by atoms with Gasteiger partial charge in [-0.3, -0.25) is 4.79 Å². The average molecular weight is 253 g/mol. The van der Waals surface area contributed by atoms with Gasteiger partial charge in [0, 0.05) is 5.92 Å². The molecule has 4 N–H and O–H groups in total. The normalized spacial score (nSPS) is 31.5. The van der Waals surface area contributed by atoms with E-state index >= 15 is 0 Å². The lowest BCUT2D eigenvalue weighted by atomic mass is 9.92. The van der Waals surface area contributed by atoms with E-state index in [1.807, 2.05) is 0 Å². The Morgan fingerprint density at radius 1 is 1.33 bits per heavy atom. The van der Waals surface area contributed by atoms with Crippen LogP contribution in [0.1, 0.15) is 51.9 Å². The third-order valence-corrected chi connectivity index (χ3v) is 4.62. The molecule has 0 spiro atoms. The highest BCUT2D eigenvalue weighted by Crippen LogP contribution is 2.34. The summed E-state index contributed by atoms with van der Waals surface area (Å²) in [6, 6.07) is 0. The van der Waals surface area contributed by atoms with Crippen molar-refractivity contribution in [3.63, 3.8) is 0 Å². The number of amidine groups is 1. The molecular weight excluding hydrogens is 230 g/mol. The van der Waals surface area contributed by atoms with E-state index in [0.29, 0.717) is 5.92 Å². The number of carbonyl (C=O) groups is 1. The fourth-order valence-electron chi connectivity index (χ4n) is 3.38. The minimum Gasteiger partial charge on any atom is -0.409 e. The fraction of sp³-hybridized carbons (Fsp3) is 0.846. The summed E-state index contributed by atoms with van der Waals surface area (Å²) < 4.78 is 0. The molecule has 2 aliphatic carbocycles. The number of carbonyl (C=O) groups excluding carboxylic acids is 1. The number of nitrogens with two attached hydrogens (primary N) is 1. The van der Waals surface area contributed by atoms with Crippen molar-refractivity contribution in [1.29, 1.82) is 0 Å². The summed E-state index contributed by atoms with van der Waals surface area (Å²) in [6.07, 6.45) is 6.77. The highest BCUT2D eigenvalue weighted by molar-refractivity contribution is 5.94. The summed E-state index contributed by atoms with van der Waals surface area (Å²) in [5.74, 6) is 0.761. The molecule has 0 aromatic carbocycles. The van der Waals surface area contributed by atoms with Crippen LogP contribution in [0.15, 0.2) is 5.16 Å². The molecule has 0 aliphatic heterocycles. The first-order chi connectivity index (χ1) is 8.59. The van der Waals surface area contributed by atoms with Crippen molar-refractivity contribution < 1.29 is 10.0 Å². The maximum Gasteiger partial charge on any atom is 0.224 e. The van der Waals surface area contributed by atoms with Crippen LogP contribution in [0, 0.1) is 11.8 Å². The Balaban J connectivity index is 2.08. The first kappa shape index (κ1) is 13.2. The van der Waals surface area contributed by atoms with Crippen LogP contribution in [0.4, 0.5) is 0 Å². The first-order valence-electron chi connectivity index (χ1n) is 6.89. The van der Waals surface area contributed by atoms with Crippen molar-refractivity contribution in [2.45, 2.75) is 57.4 Å². The van der Waals surface area contributed by atoms with E-state index in [-0.39, 0.29) is 17.7 Å². The molecule has 5 nitrogen and oxygen atoms in total. The Morgan fingerprint density at radius 3 is 2.50 bits per heavy atom.